The van der Waals surface area contributed by atoms with Gasteiger partial charge >= 0.3 is 0 Å². The number of unbranched alkanes of at least 4 members (excludes halogenated alkanes) is 1. The first kappa shape index (κ1) is 13.0. The fraction of sp³-hybridized carbons (Fsp3) is 0.500. The molecular formula is C10H16N4O3. The van der Waals surface area contributed by atoms with Gasteiger partial charge in [0.1, 0.15) is 5.84 Å². The van der Waals surface area contributed by atoms with Crippen molar-refractivity contribution in [2.75, 3.05) is 6.54 Å². The van der Waals surface area contributed by atoms with Crippen molar-refractivity contribution in [3.05, 3.63) is 17.8 Å². The fourth-order valence-electron chi connectivity index (χ4n) is 1.28. The van der Waals surface area contributed by atoms with Gasteiger partial charge in [0.2, 0.25) is 5.76 Å². The number of rotatable bonds is 6. The summed E-state index contributed by atoms with van der Waals surface area (Å²) < 4.78 is 4.94. The van der Waals surface area contributed by atoms with Gasteiger partial charge in [-0.2, -0.15) is 0 Å². The van der Waals surface area contributed by atoms with Crippen molar-refractivity contribution in [2.45, 2.75) is 26.2 Å². The molecule has 4 N–H and O–H groups in total. The van der Waals surface area contributed by atoms with Gasteiger partial charge in [0.15, 0.2) is 6.39 Å². The van der Waals surface area contributed by atoms with E-state index in [4.69, 9.17) is 15.4 Å². The minimum atomic E-state index is -0.274. The van der Waals surface area contributed by atoms with Gasteiger partial charge in [-0.15, -0.1) is 0 Å². The maximum absolute atomic E-state index is 11.5. The molecule has 0 bridgehead atoms. The Hall–Kier alpha value is -2.05. The first-order valence-electron chi connectivity index (χ1n) is 5.30. The van der Waals surface area contributed by atoms with E-state index in [1.54, 1.807) is 6.92 Å². The molecule has 94 valence electrons. The third-order valence-corrected chi connectivity index (χ3v) is 2.23. The summed E-state index contributed by atoms with van der Waals surface area (Å²) in [6.45, 7) is 2.22. The van der Waals surface area contributed by atoms with E-state index in [0.717, 1.165) is 12.8 Å². The Morgan fingerprint density at radius 1 is 1.65 bits per heavy atom. The lowest BCUT2D eigenvalue weighted by atomic mass is 10.2. The van der Waals surface area contributed by atoms with Crippen molar-refractivity contribution in [3.8, 4) is 0 Å². The highest BCUT2D eigenvalue weighted by atomic mass is 16.4. The van der Waals surface area contributed by atoms with E-state index in [9.17, 15) is 4.79 Å². The van der Waals surface area contributed by atoms with Gasteiger partial charge in [-0.25, -0.2) is 4.98 Å². The number of aromatic nitrogens is 1. The topological polar surface area (TPSA) is 114 Å². The number of hydrogen-bond acceptors (Lipinski definition) is 5. The molecular weight excluding hydrogens is 224 g/mol. The Balaban J connectivity index is 2.20. The van der Waals surface area contributed by atoms with E-state index < -0.39 is 0 Å². The lowest BCUT2D eigenvalue weighted by Gasteiger charge is -2.03. The van der Waals surface area contributed by atoms with Crippen molar-refractivity contribution in [3.63, 3.8) is 0 Å². The molecule has 0 aliphatic heterocycles. The van der Waals surface area contributed by atoms with Gasteiger partial charge in [0.25, 0.3) is 5.91 Å². The van der Waals surface area contributed by atoms with Crippen LogP contribution in [-0.2, 0) is 0 Å². The molecule has 1 aromatic rings. The average Bonchev–Trinajstić information content (AvgIpc) is 2.74. The lowest BCUT2D eigenvalue weighted by Crippen LogP contribution is -2.25. The van der Waals surface area contributed by atoms with Crippen LogP contribution in [0.15, 0.2) is 16.0 Å². The Bertz CT molecular complexity index is 400. The Kier molecular flexibility index (Phi) is 4.99. The number of nitrogens with zero attached hydrogens (tertiary/aromatic N) is 2. The quantitative estimate of drug-likeness (QED) is 0.222. The fourth-order valence-corrected chi connectivity index (χ4v) is 1.28. The van der Waals surface area contributed by atoms with Crippen LogP contribution in [0.25, 0.3) is 0 Å². The zero-order valence-corrected chi connectivity index (χ0v) is 9.64. The smallest absolute Gasteiger partial charge is 0.288 e. The number of carbonyl (C=O) groups is 1. The number of aryl methyl sites for hydroxylation is 1. The number of amidine groups is 1. The second-order valence-corrected chi connectivity index (χ2v) is 3.57. The zero-order chi connectivity index (χ0) is 12.7. The summed E-state index contributed by atoms with van der Waals surface area (Å²) >= 11 is 0. The standard InChI is InChI=1S/C10H16N4O3/c1-7-9(17-6-13-7)10(15)12-5-3-2-4-8(11)14-16/h6,16H,2-5H2,1H3,(H2,11,14)(H,12,15). The largest absolute Gasteiger partial charge is 0.438 e. The van der Waals surface area contributed by atoms with Gasteiger partial charge in [-0.1, -0.05) is 5.16 Å². The van der Waals surface area contributed by atoms with Crippen molar-refractivity contribution in [1.29, 1.82) is 0 Å². The molecule has 0 aliphatic rings. The number of nitrogens with one attached hydrogen (secondary N) is 1. The van der Waals surface area contributed by atoms with E-state index in [1.165, 1.54) is 6.39 Å². The zero-order valence-electron chi connectivity index (χ0n) is 9.64. The molecule has 1 amide bonds. The van der Waals surface area contributed by atoms with Crippen LogP contribution in [-0.4, -0.2) is 28.5 Å². The van der Waals surface area contributed by atoms with E-state index in [2.05, 4.69) is 15.5 Å². The number of amides is 1. The van der Waals surface area contributed by atoms with E-state index in [-0.39, 0.29) is 17.5 Å². The van der Waals surface area contributed by atoms with Crippen LogP contribution in [0.4, 0.5) is 0 Å². The average molecular weight is 240 g/mol. The Morgan fingerprint density at radius 2 is 2.41 bits per heavy atom. The van der Waals surface area contributed by atoms with Crippen LogP contribution in [0.1, 0.15) is 35.5 Å². The molecule has 0 aromatic carbocycles. The highest BCUT2D eigenvalue weighted by molar-refractivity contribution is 5.92. The molecule has 0 saturated carbocycles. The van der Waals surface area contributed by atoms with Crippen molar-refractivity contribution in [2.24, 2.45) is 10.9 Å². The molecule has 7 heteroatoms. The van der Waals surface area contributed by atoms with Gasteiger partial charge in [-0.3, -0.25) is 4.79 Å². The predicted octanol–water partition coefficient (Wildman–Crippen LogP) is 0.630. The molecule has 0 atom stereocenters. The predicted molar refractivity (Wildman–Crippen MR) is 60.8 cm³/mol. The maximum Gasteiger partial charge on any atom is 0.288 e. The molecule has 1 aromatic heterocycles. The minimum absolute atomic E-state index is 0.197. The number of oxime groups is 1. The molecule has 0 fully saturated rings. The second kappa shape index (κ2) is 6.51. The molecule has 0 saturated heterocycles. The van der Waals surface area contributed by atoms with Gasteiger partial charge in [0.05, 0.1) is 5.69 Å². The first-order valence-corrected chi connectivity index (χ1v) is 5.30. The van der Waals surface area contributed by atoms with Crippen LogP contribution in [0.2, 0.25) is 0 Å². The molecule has 0 aliphatic carbocycles. The summed E-state index contributed by atoms with van der Waals surface area (Å²) in [5, 5.41) is 13.9. The van der Waals surface area contributed by atoms with E-state index >= 15 is 0 Å². The van der Waals surface area contributed by atoms with Gasteiger partial charge in [0, 0.05) is 13.0 Å². The number of hydrogen-bond donors (Lipinski definition) is 3. The first-order chi connectivity index (χ1) is 8.15. The monoisotopic (exact) mass is 240 g/mol. The molecule has 0 radical (unpaired) electrons. The highest BCUT2D eigenvalue weighted by Gasteiger charge is 2.12. The minimum Gasteiger partial charge on any atom is -0.438 e. The van der Waals surface area contributed by atoms with Crippen LogP contribution in [0.5, 0.6) is 0 Å². The van der Waals surface area contributed by atoms with Crippen LogP contribution >= 0.6 is 0 Å². The van der Waals surface area contributed by atoms with Gasteiger partial charge in [-0.05, 0) is 19.8 Å². The van der Waals surface area contributed by atoms with Crippen LogP contribution in [0, 0.1) is 6.92 Å². The SMILES string of the molecule is Cc1ncoc1C(=O)NCCCCC(N)=NO. The molecule has 17 heavy (non-hydrogen) atoms. The van der Waals surface area contributed by atoms with E-state index in [0.29, 0.717) is 18.7 Å². The molecule has 0 spiro atoms. The number of oxazole rings is 1. The number of carbonyl (C=O) groups excluding carboxylic acids is 1. The van der Waals surface area contributed by atoms with Crippen molar-refractivity contribution in [1.82, 2.24) is 10.3 Å². The molecule has 7 nitrogen and oxygen atoms in total. The van der Waals surface area contributed by atoms with Crippen LogP contribution < -0.4 is 11.1 Å². The number of nitrogens with two attached hydrogens (primary N) is 1. The van der Waals surface area contributed by atoms with Crippen LogP contribution in [0.3, 0.4) is 0 Å². The van der Waals surface area contributed by atoms with Crippen molar-refractivity contribution >= 4 is 11.7 Å². The highest BCUT2D eigenvalue weighted by Crippen LogP contribution is 2.04. The van der Waals surface area contributed by atoms with Gasteiger partial charge < -0.3 is 20.7 Å². The summed E-state index contributed by atoms with van der Waals surface area (Å²) in [6, 6.07) is 0. The third-order valence-electron chi connectivity index (χ3n) is 2.23. The molecule has 1 rings (SSSR count). The summed E-state index contributed by atoms with van der Waals surface area (Å²) in [5.41, 5.74) is 5.87. The summed E-state index contributed by atoms with van der Waals surface area (Å²) in [5.74, 6) is 0.160. The third kappa shape index (κ3) is 4.13. The summed E-state index contributed by atoms with van der Waals surface area (Å²) in [7, 11) is 0. The maximum atomic E-state index is 11.5. The second-order valence-electron chi connectivity index (χ2n) is 3.57. The van der Waals surface area contributed by atoms with E-state index in [1.807, 2.05) is 0 Å². The summed E-state index contributed by atoms with van der Waals surface area (Å²) in [6.07, 6.45) is 3.23. The molecule has 0 unspecified atom stereocenters. The van der Waals surface area contributed by atoms with Crippen molar-refractivity contribution < 1.29 is 14.4 Å². The normalized spacial score (nSPS) is 11.5. The lowest BCUT2D eigenvalue weighted by molar-refractivity contribution is 0.0924. The Labute approximate surface area is 98.7 Å². The summed E-state index contributed by atoms with van der Waals surface area (Å²) in [4.78, 5) is 15.4. The molecule has 1 heterocycles. The Morgan fingerprint density at radius 3 is 3.00 bits per heavy atom.